The average molecular weight is 424 g/mol. The highest BCUT2D eigenvalue weighted by atomic mass is 16.2. The normalized spacial score (nSPS) is 22.5. The summed E-state index contributed by atoms with van der Waals surface area (Å²) < 4.78 is 0. The van der Waals surface area contributed by atoms with Crippen LogP contribution in [0.3, 0.4) is 0 Å². The minimum Gasteiger partial charge on any atom is -0.380 e. The number of anilines is 3. The number of hydrogen-bond donors (Lipinski definition) is 2. The molecule has 2 aliphatic rings. The molecule has 0 bridgehead atoms. The maximum absolute atomic E-state index is 12.6. The predicted molar refractivity (Wildman–Crippen MR) is 126 cm³/mol. The maximum atomic E-state index is 12.6. The first kappa shape index (κ1) is 21.6. The van der Waals surface area contributed by atoms with Gasteiger partial charge < -0.3 is 15.5 Å². The number of nitrogens with one attached hydrogen (secondary N) is 2. The summed E-state index contributed by atoms with van der Waals surface area (Å²) >= 11 is 0. The van der Waals surface area contributed by atoms with Gasteiger partial charge in [-0.2, -0.15) is 0 Å². The molecule has 166 valence electrons. The van der Waals surface area contributed by atoms with E-state index in [0.29, 0.717) is 29.8 Å². The van der Waals surface area contributed by atoms with E-state index in [4.69, 9.17) is 0 Å². The van der Waals surface area contributed by atoms with Gasteiger partial charge in [-0.15, -0.1) is 0 Å². The van der Waals surface area contributed by atoms with Gasteiger partial charge in [0.05, 0.1) is 0 Å². The van der Waals surface area contributed by atoms with Crippen LogP contribution in [0.25, 0.3) is 0 Å². The summed E-state index contributed by atoms with van der Waals surface area (Å²) in [5.41, 5.74) is 2.42. The summed E-state index contributed by atoms with van der Waals surface area (Å²) in [6.45, 7) is 6.65. The van der Waals surface area contributed by atoms with Crippen molar-refractivity contribution in [3.63, 3.8) is 0 Å². The Morgan fingerprint density at radius 2 is 1.61 bits per heavy atom. The van der Waals surface area contributed by atoms with Crippen LogP contribution in [0.5, 0.6) is 0 Å². The fourth-order valence-corrected chi connectivity index (χ4v) is 4.83. The van der Waals surface area contributed by atoms with E-state index in [0.717, 1.165) is 57.3 Å². The summed E-state index contributed by atoms with van der Waals surface area (Å²) in [7, 11) is 0. The molecule has 31 heavy (non-hydrogen) atoms. The lowest BCUT2D eigenvalue weighted by Gasteiger charge is -2.34. The molecule has 0 aromatic heterocycles. The van der Waals surface area contributed by atoms with E-state index in [-0.39, 0.29) is 22.7 Å². The molecule has 6 nitrogen and oxygen atoms in total. The van der Waals surface area contributed by atoms with Crippen LogP contribution in [-0.2, 0) is 4.79 Å². The number of hydrogen-bond acceptors (Lipinski definition) is 5. The standard InChI is InChI=1S/C25H33N3O3/c1-16-3-9-20(10-4-16)27-25(31)19-7-5-18(6-8-19)15-26-21-22(24(30)23(21)29)28-13-11-17(2)12-14-28/h3-4,9-10,17-19,26H,5-8,11-15H2,1-2H3,(H,27,31). The highest BCUT2D eigenvalue weighted by Crippen LogP contribution is 2.31. The number of carbonyl (C=O) groups is 1. The molecule has 0 radical (unpaired) electrons. The van der Waals surface area contributed by atoms with Gasteiger partial charge in [0, 0.05) is 31.2 Å². The van der Waals surface area contributed by atoms with Gasteiger partial charge in [0.15, 0.2) is 0 Å². The number of carbonyl (C=O) groups excluding carboxylic acids is 1. The van der Waals surface area contributed by atoms with E-state index in [9.17, 15) is 14.4 Å². The van der Waals surface area contributed by atoms with Crippen LogP contribution >= 0.6 is 0 Å². The lowest BCUT2D eigenvalue weighted by molar-refractivity contribution is -0.121. The molecule has 0 unspecified atom stereocenters. The molecular weight excluding hydrogens is 390 g/mol. The molecule has 4 rings (SSSR count). The molecule has 6 heteroatoms. The smallest absolute Gasteiger partial charge is 0.253 e. The quantitative estimate of drug-likeness (QED) is 0.693. The van der Waals surface area contributed by atoms with Gasteiger partial charge in [-0.25, -0.2) is 0 Å². The lowest BCUT2D eigenvalue weighted by atomic mass is 9.81. The van der Waals surface area contributed by atoms with Crippen molar-refractivity contribution in [1.82, 2.24) is 0 Å². The van der Waals surface area contributed by atoms with Crippen molar-refractivity contribution >= 4 is 23.0 Å². The van der Waals surface area contributed by atoms with Gasteiger partial charge in [-0.1, -0.05) is 24.6 Å². The van der Waals surface area contributed by atoms with Crippen LogP contribution in [0.4, 0.5) is 17.1 Å². The Kier molecular flexibility index (Phi) is 6.44. The molecular formula is C25H33N3O3. The molecule has 2 N–H and O–H groups in total. The third-order valence-corrected chi connectivity index (χ3v) is 7.09. The Morgan fingerprint density at radius 1 is 0.968 bits per heavy atom. The molecule has 1 aliphatic heterocycles. The molecule has 0 spiro atoms. The number of aryl methyl sites for hydroxylation is 1. The van der Waals surface area contributed by atoms with Crippen molar-refractivity contribution in [2.45, 2.75) is 52.4 Å². The van der Waals surface area contributed by atoms with Gasteiger partial charge >= 0.3 is 0 Å². The molecule has 1 amide bonds. The second-order valence-electron chi connectivity index (χ2n) is 9.51. The lowest BCUT2D eigenvalue weighted by Crippen LogP contribution is -2.45. The summed E-state index contributed by atoms with van der Waals surface area (Å²) in [5, 5.41) is 6.31. The number of benzene rings is 1. The van der Waals surface area contributed by atoms with E-state index in [2.05, 4.69) is 22.5 Å². The van der Waals surface area contributed by atoms with Crippen LogP contribution in [0.2, 0.25) is 0 Å². The highest BCUT2D eigenvalue weighted by molar-refractivity contribution is 5.92. The van der Waals surface area contributed by atoms with Crippen molar-refractivity contribution in [3.8, 4) is 0 Å². The predicted octanol–water partition coefficient (Wildman–Crippen LogP) is 3.68. The Morgan fingerprint density at radius 3 is 2.26 bits per heavy atom. The van der Waals surface area contributed by atoms with Crippen molar-refractivity contribution in [1.29, 1.82) is 0 Å². The Labute approximate surface area is 183 Å². The zero-order valence-electron chi connectivity index (χ0n) is 18.6. The number of nitrogens with zero attached hydrogens (tertiary/aromatic N) is 1. The van der Waals surface area contributed by atoms with Crippen LogP contribution in [0, 0.1) is 24.7 Å². The van der Waals surface area contributed by atoms with Crippen LogP contribution in [-0.4, -0.2) is 25.5 Å². The molecule has 2 aromatic rings. The molecule has 2 fully saturated rings. The zero-order valence-corrected chi connectivity index (χ0v) is 18.6. The van der Waals surface area contributed by atoms with Gasteiger partial charge in [-0.3, -0.25) is 14.4 Å². The van der Waals surface area contributed by atoms with E-state index in [1.54, 1.807) is 0 Å². The largest absolute Gasteiger partial charge is 0.380 e. The highest BCUT2D eigenvalue weighted by Gasteiger charge is 2.30. The fraction of sp³-hybridized carbons (Fsp3) is 0.560. The first-order chi connectivity index (χ1) is 14.9. The maximum Gasteiger partial charge on any atom is 0.253 e. The molecule has 1 aliphatic carbocycles. The fourth-order valence-electron chi connectivity index (χ4n) is 4.83. The summed E-state index contributed by atoms with van der Waals surface area (Å²) in [6, 6.07) is 7.87. The summed E-state index contributed by atoms with van der Waals surface area (Å²) in [5.74, 6) is 1.23. The van der Waals surface area contributed by atoms with E-state index >= 15 is 0 Å². The SMILES string of the molecule is Cc1ccc(NC(=O)C2CCC(CNc3c(N4CCC(C)CC4)c(=O)c3=O)CC2)cc1. The number of amides is 1. The van der Waals surface area contributed by atoms with Crippen molar-refractivity contribution < 1.29 is 4.79 Å². The molecule has 1 heterocycles. The third-order valence-electron chi connectivity index (χ3n) is 7.09. The van der Waals surface area contributed by atoms with Gasteiger partial charge in [0.2, 0.25) is 5.91 Å². The Hall–Kier alpha value is -2.63. The van der Waals surface area contributed by atoms with Crippen molar-refractivity contribution in [2.75, 3.05) is 35.2 Å². The summed E-state index contributed by atoms with van der Waals surface area (Å²) in [4.78, 5) is 39.0. The topological polar surface area (TPSA) is 78.5 Å². The second-order valence-corrected chi connectivity index (χ2v) is 9.51. The minimum absolute atomic E-state index is 0.0366. The van der Waals surface area contributed by atoms with Crippen LogP contribution in [0.15, 0.2) is 33.9 Å². The first-order valence-electron chi connectivity index (χ1n) is 11.6. The Balaban J connectivity index is 1.26. The molecule has 0 atom stereocenters. The molecule has 1 saturated carbocycles. The van der Waals surface area contributed by atoms with E-state index < -0.39 is 0 Å². The van der Waals surface area contributed by atoms with Crippen molar-refractivity contribution in [2.24, 2.45) is 17.8 Å². The van der Waals surface area contributed by atoms with Gasteiger partial charge in [0.25, 0.3) is 10.9 Å². The number of rotatable bonds is 6. The first-order valence-corrected chi connectivity index (χ1v) is 11.6. The zero-order chi connectivity index (χ0) is 22.0. The second kappa shape index (κ2) is 9.25. The van der Waals surface area contributed by atoms with Gasteiger partial charge in [-0.05, 0) is 69.4 Å². The van der Waals surface area contributed by atoms with E-state index in [1.165, 1.54) is 5.56 Å². The van der Waals surface area contributed by atoms with Crippen LogP contribution < -0.4 is 26.4 Å². The van der Waals surface area contributed by atoms with E-state index in [1.807, 2.05) is 31.2 Å². The minimum atomic E-state index is -0.375. The Bertz CT molecular complexity index is 975. The average Bonchev–Trinajstić information content (AvgIpc) is 2.79. The van der Waals surface area contributed by atoms with Crippen LogP contribution in [0.1, 0.15) is 51.0 Å². The molecule has 2 aromatic carbocycles. The van der Waals surface area contributed by atoms with Crippen molar-refractivity contribution in [3.05, 3.63) is 50.3 Å². The third kappa shape index (κ3) is 4.83. The van der Waals surface area contributed by atoms with Gasteiger partial charge in [0.1, 0.15) is 11.4 Å². The monoisotopic (exact) mass is 423 g/mol. The number of piperidine rings is 1. The molecule has 1 saturated heterocycles. The summed E-state index contributed by atoms with van der Waals surface area (Å²) in [6.07, 6.45) is 5.73.